The van der Waals surface area contributed by atoms with E-state index in [0.717, 1.165) is 17.1 Å². The van der Waals surface area contributed by atoms with Crippen molar-refractivity contribution >= 4 is 5.69 Å². The average Bonchev–Trinajstić information content (AvgIpc) is 2.60. The van der Waals surface area contributed by atoms with Crippen molar-refractivity contribution in [2.24, 2.45) is 0 Å². The van der Waals surface area contributed by atoms with Crippen LogP contribution in [0.2, 0.25) is 0 Å². The van der Waals surface area contributed by atoms with Gasteiger partial charge in [-0.1, -0.05) is 32.0 Å². The predicted octanol–water partition coefficient (Wildman–Crippen LogP) is 2.89. The summed E-state index contributed by atoms with van der Waals surface area (Å²) >= 11 is 0. The van der Waals surface area contributed by atoms with Crippen LogP contribution in [0.5, 0.6) is 0 Å². The van der Waals surface area contributed by atoms with E-state index in [1.54, 1.807) is 6.20 Å². The number of aromatic nitrogens is 2. The molecule has 0 atom stereocenters. The van der Waals surface area contributed by atoms with Crippen molar-refractivity contribution in [1.82, 2.24) is 9.78 Å². The number of benzene rings is 1. The van der Waals surface area contributed by atoms with Crippen LogP contribution in [0.3, 0.4) is 0 Å². The second-order valence-electron chi connectivity index (χ2n) is 4.31. The molecule has 0 unspecified atom stereocenters. The second kappa shape index (κ2) is 4.00. The molecule has 1 heterocycles. The van der Waals surface area contributed by atoms with E-state index in [-0.39, 0.29) is 0 Å². The molecule has 0 bridgehead atoms. The zero-order valence-corrected chi connectivity index (χ0v) is 9.94. The lowest BCUT2D eigenvalue weighted by atomic mass is 10.0. The lowest BCUT2D eigenvalue weighted by Gasteiger charge is -2.13. The number of nitrogens with zero attached hydrogens (tertiary/aromatic N) is 2. The largest absolute Gasteiger partial charge is 0.396 e. The lowest BCUT2D eigenvalue weighted by molar-refractivity contribution is 0.793. The third-order valence-corrected chi connectivity index (χ3v) is 2.83. The minimum atomic E-state index is 0.473. The highest BCUT2D eigenvalue weighted by molar-refractivity contribution is 5.49. The van der Waals surface area contributed by atoms with Crippen LogP contribution < -0.4 is 5.73 Å². The van der Waals surface area contributed by atoms with Gasteiger partial charge >= 0.3 is 0 Å². The molecule has 2 rings (SSSR count). The van der Waals surface area contributed by atoms with Crippen LogP contribution in [0, 0.1) is 6.92 Å². The predicted molar refractivity (Wildman–Crippen MR) is 66.8 cm³/mol. The summed E-state index contributed by atoms with van der Waals surface area (Å²) in [7, 11) is 0. The molecule has 0 spiro atoms. The Morgan fingerprint density at radius 2 is 1.94 bits per heavy atom. The first-order valence-corrected chi connectivity index (χ1v) is 5.50. The minimum Gasteiger partial charge on any atom is -0.396 e. The molecule has 1 aromatic heterocycles. The highest BCUT2D eigenvalue weighted by Crippen LogP contribution is 2.24. The highest BCUT2D eigenvalue weighted by Gasteiger charge is 2.11. The fourth-order valence-corrected chi connectivity index (χ4v) is 1.83. The lowest BCUT2D eigenvalue weighted by Crippen LogP contribution is -2.04. The number of rotatable bonds is 2. The molecule has 0 aliphatic heterocycles. The standard InChI is InChI=1S/C13H17N3/c1-9(2)11-6-4-5-7-13(11)16-10(3)12(14)8-15-16/h4-9H,14H2,1-3H3. The topological polar surface area (TPSA) is 43.8 Å². The summed E-state index contributed by atoms with van der Waals surface area (Å²) < 4.78 is 1.91. The molecule has 16 heavy (non-hydrogen) atoms. The quantitative estimate of drug-likeness (QED) is 0.837. The average molecular weight is 215 g/mol. The van der Waals surface area contributed by atoms with E-state index in [9.17, 15) is 0 Å². The first kappa shape index (κ1) is 10.7. The summed E-state index contributed by atoms with van der Waals surface area (Å²) in [4.78, 5) is 0. The Hall–Kier alpha value is -1.77. The maximum absolute atomic E-state index is 5.82. The number of para-hydroxylation sites is 1. The molecule has 84 valence electrons. The zero-order valence-electron chi connectivity index (χ0n) is 9.94. The molecule has 3 heteroatoms. The number of hydrogen-bond donors (Lipinski definition) is 1. The molecular weight excluding hydrogens is 198 g/mol. The summed E-state index contributed by atoms with van der Waals surface area (Å²) in [5, 5.41) is 4.32. The van der Waals surface area contributed by atoms with Gasteiger partial charge in [0.2, 0.25) is 0 Å². The smallest absolute Gasteiger partial charge is 0.0734 e. The molecule has 0 aliphatic carbocycles. The Balaban J connectivity index is 2.60. The Morgan fingerprint density at radius 3 is 2.50 bits per heavy atom. The third-order valence-electron chi connectivity index (χ3n) is 2.83. The van der Waals surface area contributed by atoms with Gasteiger partial charge in [0.05, 0.1) is 23.3 Å². The Morgan fingerprint density at radius 1 is 1.25 bits per heavy atom. The Kier molecular flexibility index (Phi) is 2.69. The third kappa shape index (κ3) is 1.69. The van der Waals surface area contributed by atoms with Gasteiger partial charge in [-0.05, 0) is 24.5 Å². The van der Waals surface area contributed by atoms with E-state index >= 15 is 0 Å². The van der Waals surface area contributed by atoms with Gasteiger partial charge in [0.1, 0.15) is 0 Å². The fraction of sp³-hybridized carbons (Fsp3) is 0.308. The molecular formula is C13H17N3. The summed E-state index contributed by atoms with van der Waals surface area (Å²) in [6, 6.07) is 8.30. The van der Waals surface area contributed by atoms with Gasteiger partial charge in [0.15, 0.2) is 0 Å². The molecule has 0 saturated heterocycles. The Bertz CT molecular complexity index is 498. The number of nitrogen functional groups attached to an aromatic ring is 1. The van der Waals surface area contributed by atoms with Crippen molar-refractivity contribution < 1.29 is 0 Å². The van der Waals surface area contributed by atoms with E-state index in [1.165, 1.54) is 5.56 Å². The molecule has 0 amide bonds. The normalized spacial score (nSPS) is 11.0. The van der Waals surface area contributed by atoms with E-state index in [2.05, 4.69) is 37.1 Å². The molecule has 1 aromatic carbocycles. The van der Waals surface area contributed by atoms with Crippen molar-refractivity contribution in [2.45, 2.75) is 26.7 Å². The van der Waals surface area contributed by atoms with E-state index in [1.807, 2.05) is 17.7 Å². The first-order chi connectivity index (χ1) is 7.61. The fourth-order valence-electron chi connectivity index (χ4n) is 1.83. The minimum absolute atomic E-state index is 0.473. The van der Waals surface area contributed by atoms with Crippen LogP contribution in [-0.2, 0) is 0 Å². The van der Waals surface area contributed by atoms with Crippen LogP contribution in [0.25, 0.3) is 5.69 Å². The van der Waals surface area contributed by atoms with Gasteiger partial charge in [0, 0.05) is 0 Å². The van der Waals surface area contributed by atoms with Crippen molar-refractivity contribution in [3.63, 3.8) is 0 Å². The van der Waals surface area contributed by atoms with Crippen molar-refractivity contribution in [2.75, 3.05) is 5.73 Å². The maximum atomic E-state index is 5.82. The summed E-state index contributed by atoms with van der Waals surface area (Å²) in [6.07, 6.45) is 1.70. The van der Waals surface area contributed by atoms with Crippen molar-refractivity contribution in [1.29, 1.82) is 0 Å². The first-order valence-electron chi connectivity index (χ1n) is 5.50. The monoisotopic (exact) mass is 215 g/mol. The molecule has 0 radical (unpaired) electrons. The number of anilines is 1. The van der Waals surface area contributed by atoms with Crippen molar-refractivity contribution in [3.05, 3.63) is 41.7 Å². The van der Waals surface area contributed by atoms with Gasteiger partial charge in [-0.15, -0.1) is 0 Å². The van der Waals surface area contributed by atoms with Crippen LogP contribution in [-0.4, -0.2) is 9.78 Å². The van der Waals surface area contributed by atoms with E-state index < -0.39 is 0 Å². The van der Waals surface area contributed by atoms with E-state index in [0.29, 0.717) is 5.92 Å². The molecule has 3 nitrogen and oxygen atoms in total. The highest BCUT2D eigenvalue weighted by atomic mass is 15.3. The van der Waals surface area contributed by atoms with E-state index in [4.69, 9.17) is 5.73 Å². The summed E-state index contributed by atoms with van der Waals surface area (Å²) in [5.41, 5.74) is 9.95. The van der Waals surface area contributed by atoms with Gasteiger partial charge in [-0.25, -0.2) is 4.68 Å². The SMILES string of the molecule is Cc1c(N)cnn1-c1ccccc1C(C)C. The molecule has 2 aromatic rings. The maximum Gasteiger partial charge on any atom is 0.0734 e. The molecule has 0 fully saturated rings. The number of hydrogen-bond acceptors (Lipinski definition) is 2. The van der Waals surface area contributed by atoms with Gasteiger partial charge < -0.3 is 5.73 Å². The van der Waals surface area contributed by atoms with Gasteiger partial charge in [-0.2, -0.15) is 5.10 Å². The summed E-state index contributed by atoms with van der Waals surface area (Å²) in [5.74, 6) is 0.473. The number of nitrogens with two attached hydrogens (primary N) is 1. The van der Waals surface area contributed by atoms with Crippen LogP contribution in [0.4, 0.5) is 5.69 Å². The van der Waals surface area contributed by atoms with Crippen LogP contribution >= 0.6 is 0 Å². The van der Waals surface area contributed by atoms with Gasteiger partial charge in [0.25, 0.3) is 0 Å². The molecule has 0 saturated carbocycles. The zero-order chi connectivity index (χ0) is 11.7. The second-order valence-corrected chi connectivity index (χ2v) is 4.31. The van der Waals surface area contributed by atoms with Gasteiger partial charge in [-0.3, -0.25) is 0 Å². The summed E-state index contributed by atoms with van der Waals surface area (Å²) in [6.45, 7) is 6.35. The molecule has 2 N–H and O–H groups in total. The van der Waals surface area contributed by atoms with Crippen molar-refractivity contribution in [3.8, 4) is 5.69 Å². The molecule has 0 aliphatic rings. The Labute approximate surface area is 95.9 Å². The van der Waals surface area contributed by atoms with Crippen LogP contribution in [0.15, 0.2) is 30.5 Å². The van der Waals surface area contributed by atoms with Crippen LogP contribution in [0.1, 0.15) is 31.0 Å².